The van der Waals surface area contributed by atoms with Crippen LogP contribution in [-0.2, 0) is 10.0 Å². The fraction of sp³-hybridized carbons (Fsp3) is 0.350. The average Bonchev–Trinajstić information content (AvgIpc) is 2.59. The first kappa shape index (κ1) is 22.6. The molecule has 0 radical (unpaired) electrons. The van der Waals surface area contributed by atoms with E-state index >= 15 is 0 Å². The molecule has 0 aliphatic heterocycles. The third-order valence-corrected chi connectivity index (χ3v) is 6.69. The third-order valence-electron chi connectivity index (χ3n) is 3.78. The Bertz CT molecular complexity index is 937. The molecule has 0 unspecified atom stereocenters. The maximum absolute atomic E-state index is 12.5. The van der Waals surface area contributed by atoms with Gasteiger partial charge in [0.2, 0.25) is 0 Å². The number of hydrogen-bond donors (Lipinski definition) is 2. The van der Waals surface area contributed by atoms with E-state index in [4.69, 9.17) is 11.6 Å². The van der Waals surface area contributed by atoms with Gasteiger partial charge in [0.1, 0.15) is 0 Å². The van der Waals surface area contributed by atoms with E-state index in [-0.39, 0.29) is 15.5 Å². The summed E-state index contributed by atoms with van der Waals surface area (Å²) in [6.45, 7) is 8.72. The summed E-state index contributed by atoms with van der Waals surface area (Å²) in [6, 6.07) is 10.8. The van der Waals surface area contributed by atoms with Crippen molar-refractivity contribution in [3.63, 3.8) is 0 Å². The number of amides is 1. The highest BCUT2D eigenvalue weighted by Crippen LogP contribution is 2.23. The molecule has 8 heteroatoms. The van der Waals surface area contributed by atoms with Gasteiger partial charge in [0.25, 0.3) is 15.9 Å². The zero-order valence-corrected chi connectivity index (χ0v) is 18.8. The number of nitrogens with one attached hydrogen (secondary N) is 2. The predicted octanol–water partition coefficient (Wildman–Crippen LogP) is 4.71. The van der Waals surface area contributed by atoms with Crippen LogP contribution in [0, 0.1) is 6.92 Å². The van der Waals surface area contributed by atoms with E-state index in [1.165, 1.54) is 24.3 Å². The molecule has 2 aromatic rings. The van der Waals surface area contributed by atoms with Crippen LogP contribution in [0.2, 0.25) is 5.02 Å². The van der Waals surface area contributed by atoms with Crippen molar-refractivity contribution in [1.82, 2.24) is 5.32 Å². The summed E-state index contributed by atoms with van der Waals surface area (Å²) in [7, 11) is -3.73. The molecule has 0 aliphatic carbocycles. The Morgan fingerprint density at radius 2 is 1.75 bits per heavy atom. The van der Waals surface area contributed by atoms with Crippen LogP contribution in [0.25, 0.3) is 0 Å². The first-order chi connectivity index (χ1) is 13.0. The minimum atomic E-state index is -3.73. The Labute approximate surface area is 176 Å². The number of anilines is 1. The highest BCUT2D eigenvalue weighted by molar-refractivity contribution is 8.00. The Morgan fingerprint density at radius 3 is 2.32 bits per heavy atom. The molecule has 0 spiro atoms. The van der Waals surface area contributed by atoms with Gasteiger partial charge in [0, 0.05) is 27.6 Å². The van der Waals surface area contributed by atoms with Gasteiger partial charge in [-0.3, -0.25) is 9.52 Å². The SMILES string of the molecule is Cc1cc(C(=O)NCCSC(C)(C)C)ccc1NS(=O)(=O)c1ccc(Cl)cc1. The second kappa shape index (κ2) is 9.20. The number of thioether (sulfide) groups is 1. The minimum Gasteiger partial charge on any atom is -0.351 e. The smallest absolute Gasteiger partial charge is 0.261 e. The fourth-order valence-electron chi connectivity index (χ4n) is 2.36. The lowest BCUT2D eigenvalue weighted by atomic mass is 10.1. The standard InChI is InChI=1S/C20H25ClN2O3S2/c1-14-13-15(19(24)22-11-12-27-20(2,3)4)5-10-18(14)23-28(25,26)17-8-6-16(21)7-9-17/h5-10,13,23H,11-12H2,1-4H3,(H,22,24). The van der Waals surface area contributed by atoms with E-state index in [1.54, 1.807) is 36.9 Å². The van der Waals surface area contributed by atoms with Gasteiger partial charge in [-0.25, -0.2) is 8.42 Å². The molecule has 0 atom stereocenters. The van der Waals surface area contributed by atoms with Gasteiger partial charge in [-0.2, -0.15) is 11.8 Å². The Hall–Kier alpha value is -1.70. The van der Waals surface area contributed by atoms with E-state index < -0.39 is 10.0 Å². The van der Waals surface area contributed by atoms with Crippen LogP contribution >= 0.6 is 23.4 Å². The van der Waals surface area contributed by atoms with Gasteiger partial charge in [-0.15, -0.1) is 0 Å². The second-order valence-electron chi connectivity index (χ2n) is 7.31. The molecule has 5 nitrogen and oxygen atoms in total. The Balaban J connectivity index is 2.03. The molecule has 0 heterocycles. The lowest BCUT2D eigenvalue weighted by Crippen LogP contribution is -2.27. The first-order valence-corrected chi connectivity index (χ1v) is 11.6. The van der Waals surface area contributed by atoms with Crippen molar-refractivity contribution >= 4 is 45.0 Å². The van der Waals surface area contributed by atoms with Crippen LogP contribution in [-0.4, -0.2) is 31.4 Å². The van der Waals surface area contributed by atoms with E-state index in [9.17, 15) is 13.2 Å². The molecule has 2 N–H and O–H groups in total. The minimum absolute atomic E-state index is 0.120. The zero-order chi connectivity index (χ0) is 20.9. The molecule has 152 valence electrons. The molecule has 0 aliphatic rings. The second-order valence-corrected chi connectivity index (χ2v) is 11.3. The van der Waals surface area contributed by atoms with Crippen LogP contribution < -0.4 is 10.0 Å². The predicted molar refractivity (Wildman–Crippen MR) is 118 cm³/mol. The van der Waals surface area contributed by atoms with Crippen molar-refractivity contribution in [1.29, 1.82) is 0 Å². The summed E-state index contributed by atoms with van der Waals surface area (Å²) >= 11 is 7.59. The molecule has 0 bridgehead atoms. The summed E-state index contributed by atoms with van der Waals surface area (Å²) < 4.78 is 27.7. The average molecular weight is 441 g/mol. The van der Waals surface area contributed by atoms with Crippen LogP contribution in [0.15, 0.2) is 47.4 Å². The molecule has 2 rings (SSSR count). The number of carbonyl (C=O) groups is 1. The van der Waals surface area contributed by atoms with Crippen LogP contribution in [0.5, 0.6) is 0 Å². The van der Waals surface area contributed by atoms with Gasteiger partial charge in [-0.05, 0) is 55.0 Å². The third kappa shape index (κ3) is 6.72. The van der Waals surface area contributed by atoms with Gasteiger partial charge < -0.3 is 5.32 Å². The number of halogens is 1. The van der Waals surface area contributed by atoms with Crippen LogP contribution in [0.3, 0.4) is 0 Å². The number of aryl methyl sites for hydroxylation is 1. The normalized spacial score (nSPS) is 11.9. The lowest BCUT2D eigenvalue weighted by molar-refractivity contribution is 0.0956. The molecule has 2 aromatic carbocycles. The molecule has 0 fully saturated rings. The van der Waals surface area contributed by atoms with Crippen molar-refractivity contribution in [2.24, 2.45) is 0 Å². The molecule has 0 saturated carbocycles. The van der Waals surface area contributed by atoms with Gasteiger partial charge in [0.05, 0.1) is 10.6 Å². The highest BCUT2D eigenvalue weighted by Gasteiger charge is 2.16. The summed E-state index contributed by atoms with van der Waals surface area (Å²) in [5.41, 5.74) is 1.58. The van der Waals surface area contributed by atoms with Crippen molar-refractivity contribution in [3.8, 4) is 0 Å². The Morgan fingerprint density at radius 1 is 1.11 bits per heavy atom. The van der Waals surface area contributed by atoms with Crippen molar-refractivity contribution in [2.75, 3.05) is 17.0 Å². The number of sulfonamides is 1. The maximum atomic E-state index is 12.5. The summed E-state index contributed by atoms with van der Waals surface area (Å²) in [4.78, 5) is 12.4. The van der Waals surface area contributed by atoms with Gasteiger partial charge in [-0.1, -0.05) is 32.4 Å². The van der Waals surface area contributed by atoms with Crippen LogP contribution in [0.4, 0.5) is 5.69 Å². The van der Waals surface area contributed by atoms with Crippen molar-refractivity contribution in [2.45, 2.75) is 37.3 Å². The number of benzene rings is 2. The highest BCUT2D eigenvalue weighted by atomic mass is 35.5. The van der Waals surface area contributed by atoms with Gasteiger partial charge in [0.15, 0.2) is 0 Å². The van der Waals surface area contributed by atoms with Crippen molar-refractivity contribution in [3.05, 3.63) is 58.6 Å². The molecule has 1 amide bonds. The van der Waals surface area contributed by atoms with E-state index in [1.807, 2.05) is 0 Å². The number of hydrogen-bond acceptors (Lipinski definition) is 4. The molecular weight excluding hydrogens is 416 g/mol. The summed E-state index contributed by atoms with van der Waals surface area (Å²) in [5, 5.41) is 3.35. The molecule has 28 heavy (non-hydrogen) atoms. The fourth-order valence-corrected chi connectivity index (χ4v) is 4.43. The monoisotopic (exact) mass is 440 g/mol. The maximum Gasteiger partial charge on any atom is 0.261 e. The molecular formula is C20H25ClN2O3S2. The zero-order valence-electron chi connectivity index (χ0n) is 16.4. The topological polar surface area (TPSA) is 75.3 Å². The summed E-state index contributed by atoms with van der Waals surface area (Å²) in [6.07, 6.45) is 0. The van der Waals surface area contributed by atoms with Gasteiger partial charge >= 0.3 is 0 Å². The first-order valence-electron chi connectivity index (χ1n) is 8.79. The molecule has 0 aromatic heterocycles. The molecule has 0 saturated heterocycles. The number of rotatable bonds is 7. The number of carbonyl (C=O) groups excluding carboxylic acids is 1. The van der Waals surface area contributed by atoms with Crippen LogP contribution in [0.1, 0.15) is 36.7 Å². The van der Waals surface area contributed by atoms with E-state index in [2.05, 4.69) is 30.8 Å². The van der Waals surface area contributed by atoms with E-state index in [0.29, 0.717) is 28.4 Å². The Kier molecular flexibility index (Phi) is 7.42. The summed E-state index contributed by atoms with van der Waals surface area (Å²) in [5.74, 6) is 0.650. The lowest BCUT2D eigenvalue weighted by Gasteiger charge is -2.17. The largest absolute Gasteiger partial charge is 0.351 e. The quantitative estimate of drug-likeness (QED) is 0.611. The van der Waals surface area contributed by atoms with Crippen molar-refractivity contribution < 1.29 is 13.2 Å². The van der Waals surface area contributed by atoms with E-state index in [0.717, 1.165) is 5.75 Å².